The zero-order chi connectivity index (χ0) is 9.80. The van der Waals surface area contributed by atoms with Crippen molar-refractivity contribution < 1.29 is 9.47 Å². The minimum Gasteiger partial charge on any atom is -0.481 e. The molecule has 0 aromatic carbocycles. The predicted molar refractivity (Wildman–Crippen MR) is 53.6 cm³/mol. The van der Waals surface area contributed by atoms with E-state index in [1.54, 1.807) is 7.11 Å². The summed E-state index contributed by atoms with van der Waals surface area (Å²) in [5.41, 5.74) is 1.32. The summed E-state index contributed by atoms with van der Waals surface area (Å²) in [5.74, 6) is 1.31. The molecule has 1 aliphatic rings. The molecule has 0 saturated carbocycles. The molecule has 2 heterocycles. The molecule has 1 saturated heterocycles. The van der Waals surface area contributed by atoms with Gasteiger partial charge in [0.15, 0.2) is 0 Å². The van der Waals surface area contributed by atoms with Crippen molar-refractivity contribution in [1.29, 1.82) is 0 Å². The fraction of sp³-hybridized carbons (Fsp3) is 0.545. The summed E-state index contributed by atoms with van der Waals surface area (Å²) < 4.78 is 10.4. The van der Waals surface area contributed by atoms with Gasteiger partial charge in [-0.05, 0) is 30.4 Å². The number of hydrogen-bond donors (Lipinski definition) is 0. The smallest absolute Gasteiger partial charge is 0.213 e. The van der Waals surface area contributed by atoms with Crippen LogP contribution in [0.4, 0.5) is 0 Å². The number of nitrogens with zero attached hydrogens (tertiary/aromatic N) is 1. The number of hydrogen-bond acceptors (Lipinski definition) is 3. The van der Waals surface area contributed by atoms with Gasteiger partial charge in [0.1, 0.15) is 0 Å². The molecule has 0 spiro atoms. The lowest BCUT2D eigenvalue weighted by atomic mass is 9.92. The summed E-state index contributed by atoms with van der Waals surface area (Å²) in [6, 6.07) is 4.09. The molecule has 0 amide bonds. The molecule has 3 heteroatoms. The minimum atomic E-state index is 0.612. The van der Waals surface area contributed by atoms with Crippen LogP contribution in [0, 0.1) is 0 Å². The molecule has 76 valence electrons. The van der Waals surface area contributed by atoms with E-state index in [-0.39, 0.29) is 0 Å². The second-order valence-electron chi connectivity index (χ2n) is 3.52. The number of ether oxygens (including phenoxy) is 2. The number of aromatic nitrogens is 1. The Balaban J connectivity index is 2.13. The van der Waals surface area contributed by atoms with Crippen LogP contribution in [0.3, 0.4) is 0 Å². The van der Waals surface area contributed by atoms with Crippen molar-refractivity contribution in [3.05, 3.63) is 23.9 Å². The second kappa shape index (κ2) is 4.42. The predicted octanol–water partition coefficient (Wildman–Crippen LogP) is 1.98. The van der Waals surface area contributed by atoms with Gasteiger partial charge in [-0.3, -0.25) is 0 Å². The quantitative estimate of drug-likeness (QED) is 0.719. The van der Waals surface area contributed by atoms with Crippen LogP contribution in [0.15, 0.2) is 18.3 Å². The lowest BCUT2D eigenvalue weighted by Gasteiger charge is -2.22. The Morgan fingerprint density at radius 1 is 1.43 bits per heavy atom. The van der Waals surface area contributed by atoms with E-state index in [4.69, 9.17) is 9.47 Å². The van der Waals surface area contributed by atoms with Crippen LogP contribution in [0.2, 0.25) is 0 Å². The SMILES string of the molecule is COc1cc(C2CCOCC2)ccn1. The normalized spacial score (nSPS) is 18.1. The molecule has 1 aromatic rings. The van der Waals surface area contributed by atoms with Crippen LogP contribution >= 0.6 is 0 Å². The molecule has 14 heavy (non-hydrogen) atoms. The van der Waals surface area contributed by atoms with Crippen molar-refractivity contribution in [2.45, 2.75) is 18.8 Å². The van der Waals surface area contributed by atoms with E-state index in [1.165, 1.54) is 5.56 Å². The largest absolute Gasteiger partial charge is 0.481 e. The molecule has 0 aliphatic carbocycles. The highest BCUT2D eigenvalue weighted by Gasteiger charge is 2.16. The van der Waals surface area contributed by atoms with Gasteiger partial charge in [-0.1, -0.05) is 0 Å². The zero-order valence-corrected chi connectivity index (χ0v) is 8.40. The van der Waals surface area contributed by atoms with Gasteiger partial charge in [-0.15, -0.1) is 0 Å². The van der Waals surface area contributed by atoms with Gasteiger partial charge in [0, 0.05) is 25.5 Å². The first-order chi connectivity index (χ1) is 6.90. The maximum Gasteiger partial charge on any atom is 0.213 e. The first kappa shape index (κ1) is 9.46. The fourth-order valence-corrected chi connectivity index (χ4v) is 1.82. The summed E-state index contributed by atoms with van der Waals surface area (Å²) in [5, 5.41) is 0. The van der Waals surface area contributed by atoms with Gasteiger partial charge < -0.3 is 9.47 Å². The maximum atomic E-state index is 5.33. The van der Waals surface area contributed by atoms with Gasteiger partial charge in [-0.25, -0.2) is 4.98 Å². The van der Waals surface area contributed by atoms with Crippen molar-refractivity contribution in [1.82, 2.24) is 4.98 Å². The Bertz CT molecular complexity index is 295. The standard InChI is InChI=1S/C11H15NO2/c1-13-11-8-10(2-5-12-11)9-3-6-14-7-4-9/h2,5,8-9H,3-4,6-7H2,1H3. The molecule has 0 unspecified atom stereocenters. The van der Waals surface area contributed by atoms with Crippen LogP contribution in [0.1, 0.15) is 24.3 Å². The van der Waals surface area contributed by atoms with Crippen LogP contribution in [-0.2, 0) is 4.74 Å². The van der Waals surface area contributed by atoms with Crippen LogP contribution in [0.25, 0.3) is 0 Å². The molecule has 2 rings (SSSR count). The summed E-state index contributed by atoms with van der Waals surface area (Å²) in [6.45, 7) is 1.74. The number of methoxy groups -OCH3 is 1. The van der Waals surface area contributed by atoms with Crippen molar-refractivity contribution in [2.75, 3.05) is 20.3 Å². The van der Waals surface area contributed by atoms with E-state index < -0.39 is 0 Å². The van der Waals surface area contributed by atoms with E-state index >= 15 is 0 Å². The summed E-state index contributed by atoms with van der Waals surface area (Å²) in [4.78, 5) is 4.10. The van der Waals surface area contributed by atoms with Gasteiger partial charge >= 0.3 is 0 Å². The van der Waals surface area contributed by atoms with Gasteiger partial charge in [0.05, 0.1) is 7.11 Å². The fourth-order valence-electron chi connectivity index (χ4n) is 1.82. The average Bonchev–Trinajstić information content (AvgIpc) is 2.30. The monoisotopic (exact) mass is 193 g/mol. The number of pyridine rings is 1. The van der Waals surface area contributed by atoms with Gasteiger partial charge in [-0.2, -0.15) is 0 Å². The van der Waals surface area contributed by atoms with Crippen LogP contribution < -0.4 is 4.74 Å². The Hall–Kier alpha value is -1.09. The molecule has 0 bridgehead atoms. The van der Waals surface area contributed by atoms with E-state index in [1.807, 2.05) is 12.3 Å². The van der Waals surface area contributed by atoms with Crippen LogP contribution in [0.5, 0.6) is 5.88 Å². The summed E-state index contributed by atoms with van der Waals surface area (Å²) in [6.07, 6.45) is 4.02. The van der Waals surface area contributed by atoms with Crippen molar-refractivity contribution in [3.8, 4) is 5.88 Å². The molecular weight excluding hydrogens is 178 g/mol. The highest BCUT2D eigenvalue weighted by molar-refractivity contribution is 5.24. The van der Waals surface area contributed by atoms with E-state index in [0.29, 0.717) is 11.8 Å². The molecule has 3 nitrogen and oxygen atoms in total. The molecule has 0 N–H and O–H groups in total. The third-order valence-electron chi connectivity index (χ3n) is 2.66. The van der Waals surface area contributed by atoms with Crippen molar-refractivity contribution in [3.63, 3.8) is 0 Å². The van der Waals surface area contributed by atoms with Crippen molar-refractivity contribution in [2.24, 2.45) is 0 Å². The molecule has 1 aliphatic heterocycles. The van der Waals surface area contributed by atoms with Gasteiger partial charge in [0.25, 0.3) is 0 Å². The van der Waals surface area contributed by atoms with E-state index in [9.17, 15) is 0 Å². The Kier molecular flexibility index (Phi) is 2.99. The second-order valence-corrected chi connectivity index (χ2v) is 3.52. The third-order valence-corrected chi connectivity index (χ3v) is 2.66. The highest BCUT2D eigenvalue weighted by Crippen LogP contribution is 2.27. The Labute approximate surface area is 84.1 Å². The van der Waals surface area contributed by atoms with Crippen molar-refractivity contribution >= 4 is 0 Å². The lowest BCUT2D eigenvalue weighted by Crippen LogP contribution is -2.14. The molecular formula is C11H15NO2. The molecule has 0 radical (unpaired) electrons. The third kappa shape index (κ3) is 2.04. The topological polar surface area (TPSA) is 31.4 Å². The molecule has 1 aromatic heterocycles. The highest BCUT2D eigenvalue weighted by atomic mass is 16.5. The average molecular weight is 193 g/mol. The minimum absolute atomic E-state index is 0.612. The molecule has 1 fully saturated rings. The summed E-state index contributed by atoms with van der Waals surface area (Å²) in [7, 11) is 1.65. The van der Waals surface area contributed by atoms with Crippen LogP contribution in [-0.4, -0.2) is 25.3 Å². The van der Waals surface area contributed by atoms with E-state index in [0.717, 1.165) is 26.1 Å². The molecule has 0 atom stereocenters. The first-order valence-electron chi connectivity index (χ1n) is 4.98. The van der Waals surface area contributed by atoms with E-state index in [2.05, 4.69) is 11.1 Å². The zero-order valence-electron chi connectivity index (χ0n) is 8.40. The maximum absolute atomic E-state index is 5.33. The van der Waals surface area contributed by atoms with Gasteiger partial charge in [0.2, 0.25) is 5.88 Å². The number of rotatable bonds is 2. The first-order valence-corrected chi connectivity index (χ1v) is 4.98. The summed E-state index contributed by atoms with van der Waals surface area (Å²) >= 11 is 0. The lowest BCUT2D eigenvalue weighted by molar-refractivity contribution is 0.0852. The Morgan fingerprint density at radius 3 is 2.93 bits per heavy atom. The Morgan fingerprint density at radius 2 is 2.21 bits per heavy atom.